The van der Waals surface area contributed by atoms with Gasteiger partial charge in [-0.05, 0) is 48.7 Å². The first-order valence-electron chi connectivity index (χ1n) is 13.8. The molecule has 11 nitrogen and oxygen atoms in total. The van der Waals surface area contributed by atoms with Crippen molar-refractivity contribution in [2.75, 3.05) is 18.4 Å². The number of fused-ring (bicyclic) bond motifs is 3. The molecular formula is C30H28FN9O2. The highest BCUT2D eigenvalue weighted by atomic mass is 19.1. The smallest absolute Gasteiger partial charge is 0.246 e. The van der Waals surface area contributed by atoms with Crippen molar-refractivity contribution in [2.45, 2.75) is 32.2 Å². The molecule has 2 amide bonds. The van der Waals surface area contributed by atoms with E-state index in [2.05, 4.69) is 20.5 Å². The Morgan fingerprint density at radius 3 is 2.69 bits per heavy atom. The van der Waals surface area contributed by atoms with E-state index in [1.807, 2.05) is 36.2 Å². The minimum atomic E-state index is -0.354. The number of likely N-dealkylation sites (tertiary alicyclic amines) is 1. The van der Waals surface area contributed by atoms with E-state index in [1.54, 1.807) is 45.3 Å². The molecule has 0 aliphatic carbocycles. The third kappa shape index (κ3) is 4.35. The second-order valence-electron chi connectivity index (χ2n) is 10.7. The van der Waals surface area contributed by atoms with Crippen LogP contribution in [0.1, 0.15) is 31.4 Å². The third-order valence-electron chi connectivity index (χ3n) is 8.13. The summed E-state index contributed by atoms with van der Waals surface area (Å²) in [5, 5.41) is 17.9. The SMILES string of the molecule is CC(=O)N1CCC(c2nn(CC(=O)Nc3cccn4ncnc34)c3cccc(-c4cc5c(cnn5C)cc4F)c23)CC1. The van der Waals surface area contributed by atoms with E-state index in [1.165, 1.54) is 12.4 Å². The number of nitrogens with one attached hydrogen (secondary N) is 1. The average molecular weight is 566 g/mol. The van der Waals surface area contributed by atoms with E-state index in [4.69, 9.17) is 5.10 Å². The Labute approximate surface area is 239 Å². The van der Waals surface area contributed by atoms with Crippen LogP contribution >= 0.6 is 0 Å². The van der Waals surface area contributed by atoms with Crippen LogP contribution in [0.15, 0.2) is 61.2 Å². The van der Waals surface area contributed by atoms with E-state index in [-0.39, 0.29) is 30.1 Å². The van der Waals surface area contributed by atoms with E-state index < -0.39 is 0 Å². The van der Waals surface area contributed by atoms with Crippen LogP contribution < -0.4 is 5.32 Å². The number of aryl methyl sites for hydroxylation is 1. The monoisotopic (exact) mass is 565 g/mol. The predicted molar refractivity (Wildman–Crippen MR) is 155 cm³/mol. The molecule has 1 saturated heterocycles. The summed E-state index contributed by atoms with van der Waals surface area (Å²) in [6.45, 7) is 2.77. The number of amides is 2. The van der Waals surface area contributed by atoms with Crippen LogP contribution in [0.3, 0.4) is 0 Å². The number of carbonyl (C=O) groups excluding carboxylic acids is 2. The van der Waals surface area contributed by atoms with Crippen molar-refractivity contribution in [1.82, 2.24) is 39.1 Å². The number of aromatic nitrogens is 7. The zero-order chi connectivity index (χ0) is 29.0. The lowest BCUT2D eigenvalue weighted by molar-refractivity contribution is -0.129. The standard InChI is InChI=1S/C30H28FN9O2/c1-18(41)38-11-8-19(9-12-38)29-28-21(22-14-26-20(13-23(22)31)15-33-37(26)2)5-3-7-25(28)40(36-29)16-27(42)35-24-6-4-10-39-30(24)32-17-34-39/h3-7,10,13-15,17,19H,8-9,11-12,16H2,1-2H3,(H,35,42). The van der Waals surface area contributed by atoms with Gasteiger partial charge in [0.05, 0.1) is 28.6 Å². The quantitative estimate of drug-likeness (QED) is 0.336. The number of nitrogens with zero attached hydrogens (tertiary/aromatic N) is 8. The largest absolute Gasteiger partial charge is 0.343 e. The molecular weight excluding hydrogens is 537 g/mol. The molecule has 2 aromatic carbocycles. The fourth-order valence-electron chi connectivity index (χ4n) is 6.01. The van der Waals surface area contributed by atoms with Gasteiger partial charge in [-0.2, -0.15) is 15.3 Å². The number of hydrogen-bond donors (Lipinski definition) is 1. The highest BCUT2D eigenvalue weighted by molar-refractivity contribution is 6.00. The number of carbonyl (C=O) groups is 2. The van der Waals surface area contributed by atoms with Gasteiger partial charge < -0.3 is 10.2 Å². The van der Waals surface area contributed by atoms with Crippen molar-refractivity contribution in [1.29, 1.82) is 0 Å². The summed E-state index contributed by atoms with van der Waals surface area (Å²) in [7, 11) is 1.83. The van der Waals surface area contributed by atoms with Crippen molar-refractivity contribution in [3.8, 4) is 11.1 Å². The fraction of sp³-hybridized carbons (Fsp3) is 0.267. The van der Waals surface area contributed by atoms with Crippen LogP contribution in [0.5, 0.6) is 0 Å². The van der Waals surface area contributed by atoms with E-state index >= 15 is 4.39 Å². The number of anilines is 1. The normalized spacial score (nSPS) is 14.3. The molecule has 6 aromatic rings. The number of pyridine rings is 1. The van der Waals surface area contributed by atoms with Gasteiger partial charge in [-0.1, -0.05) is 12.1 Å². The Balaban J connectivity index is 1.32. The van der Waals surface area contributed by atoms with Crippen LogP contribution in [0.25, 0.3) is 38.6 Å². The highest BCUT2D eigenvalue weighted by Gasteiger charge is 2.28. The van der Waals surface area contributed by atoms with E-state index in [0.717, 1.165) is 40.3 Å². The summed E-state index contributed by atoms with van der Waals surface area (Å²) < 4.78 is 20.6. The topological polar surface area (TPSA) is 115 Å². The number of piperidine rings is 1. The first-order chi connectivity index (χ1) is 20.4. The minimum Gasteiger partial charge on any atom is -0.343 e. The van der Waals surface area contributed by atoms with Crippen LogP contribution in [0.4, 0.5) is 10.1 Å². The lowest BCUT2D eigenvalue weighted by Crippen LogP contribution is -2.36. The molecule has 0 radical (unpaired) electrons. The Bertz CT molecular complexity index is 2000. The van der Waals surface area contributed by atoms with Gasteiger partial charge in [0.2, 0.25) is 11.8 Å². The van der Waals surface area contributed by atoms with Gasteiger partial charge in [-0.15, -0.1) is 0 Å². The average Bonchev–Trinajstić information content (AvgIpc) is 3.71. The van der Waals surface area contributed by atoms with Gasteiger partial charge in [0.25, 0.3) is 0 Å². The molecule has 0 atom stereocenters. The van der Waals surface area contributed by atoms with Crippen molar-refractivity contribution in [3.05, 3.63) is 72.7 Å². The molecule has 0 unspecified atom stereocenters. The third-order valence-corrected chi connectivity index (χ3v) is 8.13. The van der Waals surface area contributed by atoms with Gasteiger partial charge in [0, 0.05) is 55.5 Å². The molecule has 7 rings (SSSR count). The molecule has 212 valence electrons. The van der Waals surface area contributed by atoms with E-state index in [0.29, 0.717) is 35.6 Å². The van der Waals surface area contributed by atoms with Crippen LogP contribution in [0.2, 0.25) is 0 Å². The molecule has 12 heteroatoms. The van der Waals surface area contributed by atoms with Crippen molar-refractivity contribution in [2.24, 2.45) is 7.05 Å². The first kappa shape index (κ1) is 25.8. The summed E-state index contributed by atoms with van der Waals surface area (Å²) in [6.07, 6.45) is 6.29. The number of halogens is 1. The Kier molecular flexibility index (Phi) is 6.18. The lowest BCUT2D eigenvalue weighted by atomic mass is 9.89. The molecule has 1 N–H and O–H groups in total. The van der Waals surface area contributed by atoms with Gasteiger partial charge in [0.15, 0.2) is 5.65 Å². The lowest BCUT2D eigenvalue weighted by Gasteiger charge is -2.30. The Hall–Kier alpha value is -5.13. The highest BCUT2D eigenvalue weighted by Crippen LogP contribution is 2.39. The number of hydrogen-bond acceptors (Lipinski definition) is 6. The zero-order valence-corrected chi connectivity index (χ0v) is 23.2. The molecule has 0 saturated carbocycles. The molecule has 1 aliphatic heterocycles. The van der Waals surface area contributed by atoms with Crippen LogP contribution in [-0.2, 0) is 23.2 Å². The van der Waals surface area contributed by atoms with Gasteiger partial charge in [-0.25, -0.2) is 13.9 Å². The second kappa shape index (κ2) is 10.1. The maximum Gasteiger partial charge on any atom is 0.246 e. The molecule has 5 heterocycles. The van der Waals surface area contributed by atoms with Gasteiger partial charge in [-0.3, -0.25) is 19.0 Å². The summed E-state index contributed by atoms with van der Waals surface area (Å²) in [4.78, 5) is 31.4. The van der Waals surface area contributed by atoms with Gasteiger partial charge >= 0.3 is 0 Å². The molecule has 0 bridgehead atoms. The maximum atomic E-state index is 15.6. The molecule has 1 aliphatic rings. The Morgan fingerprint density at radius 2 is 1.88 bits per heavy atom. The van der Waals surface area contributed by atoms with Crippen molar-refractivity contribution >= 4 is 45.0 Å². The Morgan fingerprint density at radius 1 is 1.05 bits per heavy atom. The first-order valence-corrected chi connectivity index (χ1v) is 13.8. The zero-order valence-electron chi connectivity index (χ0n) is 23.2. The van der Waals surface area contributed by atoms with Crippen molar-refractivity contribution in [3.63, 3.8) is 0 Å². The summed E-state index contributed by atoms with van der Waals surface area (Å²) in [6, 6.07) is 12.5. The van der Waals surface area contributed by atoms with Crippen LogP contribution in [0, 0.1) is 5.82 Å². The fourth-order valence-corrected chi connectivity index (χ4v) is 6.01. The number of benzene rings is 2. The molecule has 4 aromatic heterocycles. The molecule has 1 fully saturated rings. The summed E-state index contributed by atoms with van der Waals surface area (Å²) in [5.74, 6) is -0.536. The number of rotatable bonds is 5. The van der Waals surface area contributed by atoms with Gasteiger partial charge in [0.1, 0.15) is 18.7 Å². The van der Waals surface area contributed by atoms with Crippen molar-refractivity contribution < 1.29 is 14.0 Å². The second-order valence-corrected chi connectivity index (χ2v) is 10.7. The molecule has 42 heavy (non-hydrogen) atoms. The summed E-state index contributed by atoms with van der Waals surface area (Å²) in [5.41, 5.74) is 4.59. The summed E-state index contributed by atoms with van der Waals surface area (Å²) >= 11 is 0. The predicted octanol–water partition coefficient (Wildman–Crippen LogP) is 4.14. The maximum absolute atomic E-state index is 15.6. The minimum absolute atomic E-state index is 0.0433. The molecule has 0 spiro atoms. The van der Waals surface area contributed by atoms with Crippen LogP contribution in [-0.4, -0.2) is 64.0 Å². The van der Waals surface area contributed by atoms with E-state index in [9.17, 15) is 9.59 Å².